The molecule has 0 atom stereocenters. The van der Waals surface area contributed by atoms with Crippen LogP contribution in [-0.2, 0) is 27.6 Å². The molecule has 0 fully saturated rings. The molecule has 0 unspecified atom stereocenters. The predicted octanol–water partition coefficient (Wildman–Crippen LogP) is 3.74. The minimum absolute atomic E-state index is 0.259. The molecule has 0 bridgehead atoms. The molecule has 1 aromatic carbocycles. The van der Waals surface area contributed by atoms with Crippen LogP contribution >= 0.6 is 11.3 Å². The zero-order chi connectivity index (χ0) is 21.2. The second-order valence-corrected chi connectivity index (χ2v) is 9.80. The lowest BCUT2D eigenvalue weighted by molar-refractivity contribution is 0.0526. The second kappa shape index (κ2) is 8.54. The van der Waals surface area contributed by atoms with Gasteiger partial charge in [-0.1, -0.05) is 6.07 Å². The molecular formula is C20H24N2O5S2. The first kappa shape index (κ1) is 21.3. The van der Waals surface area contributed by atoms with E-state index in [4.69, 9.17) is 4.74 Å². The van der Waals surface area contributed by atoms with Crippen molar-refractivity contribution in [1.29, 1.82) is 0 Å². The van der Waals surface area contributed by atoms with Crippen LogP contribution in [0.2, 0.25) is 0 Å². The number of hydrogen-bond acceptors (Lipinski definition) is 6. The second-order valence-electron chi connectivity index (χ2n) is 6.94. The first-order chi connectivity index (χ1) is 13.7. The number of rotatable bonds is 6. The minimum Gasteiger partial charge on any atom is -0.462 e. The molecule has 1 heterocycles. The van der Waals surface area contributed by atoms with E-state index in [0.29, 0.717) is 27.4 Å². The van der Waals surface area contributed by atoms with Crippen LogP contribution in [0.4, 0.5) is 10.7 Å². The molecule has 0 spiro atoms. The van der Waals surface area contributed by atoms with Gasteiger partial charge >= 0.3 is 5.97 Å². The summed E-state index contributed by atoms with van der Waals surface area (Å²) in [6.07, 6.45) is 4.79. The number of aryl methyl sites for hydroxylation is 1. The normalized spacial score (nSPS) is 13.5. The largest absolute Gasteiger partial charge is 0.462 e. The Morgan fingerprint density at radius 2 is 1.93 bits per heavy atom. The molecule has 1 aliphatic carbocycles. The standard InChI is InChI=1S/C20H24N2O5S2/c1-4-27-20(24)17-14-8-5-6-11-16(14)28-19(17)21-18(23)13-9-7-10-15(12(13)2)22-29(3,25)26/h7,9-10,22H,4-6,8,11H2,1-3H3,(H,21,23). The Balaban J connectivity index is 1.95. The molecule has 2 aromatic rings. The van der Waals surface area contributed by atoms with Crippen LogP contribution in [0.25, 0.3) is 0 Å². The summed E-state index contributed by atoms with van der Waals surface area (Å²) in [6, 6.07) is 4.83. The van der Waals surface area contributed by atoms with Crippen molar-refractivity contribution >= 4 is 43.9 Å². The number of hydrogen-bond donors (Lipinski definition) is 2. The van der Waals surface area contributed by atoms with Crippen molar-refractivity contribution in [2.45, 2.75) is 39.5 Å². The van der Waals surface area contributed by atoms with E-state index in [1.807, 2.05) is 0 Å². The topological polar surface area (TPSA) is 102 Å². The van der Waals surface area contributed by atoms with Gasteiger partial charge in [-0.15, -0.1) is 11.3 Å². The number of sulfonamides is 1. The Kier molecular flexibility index (Phi) is 6.28. The molecule has 0 saturated carbocycles. The first-order valence-corrected chi connectivity index (χ1v) is 12.1. The lowest BCUT2D eigenvalue weighted by Gasteiger charge is -2.13. The molecule has 156 valence electrons. The molecule has 1 aliphatic rings. The van der Waals surface area contributed by atoms with Crippen LogP contribution in [0.15, 0.2) is 18.2 Å². The van der Waals surface area contributed by atoms with E-state index >= 15 is 0 Å². The van der Waals surface area contributed by atoms with Crippen LogP contribution < -0.4 is 10.0 Å². The molecule has 7 nitrogen and oxygen atoms in total. The Morgan fingerprint density at radius 1 is 1.21 bits per heavy atom. The van der Waals surface area contributed by atoms with Crippen molar-refractivity contribution in [2.24, 2.45) is 0 Å². The SMILES string of the molecule is CCOC(=O)c1c(NC(=O)c2cccc(NS(C)(=O)=O)c2C)sc2c1CCCC2. The molecule has 2 N–H and O–H groups in total. The Morgan fingerprint density at radius 3 is 2.62 bits per heavy atom. The van der Waals surface area contributed by atoms with Gasteiger partial charge in [0, 0.05) is 10.4 Å². The summed E-state index contributed by atoms with van der Waals surface area (Å²) in [6.45, 7) is 3.68. The number of amides is 1. The average molecular weight is 437 g/mol. The summed E-state index contributed by atoms with van der Waals surface area (Å²) in [4.78, 5) is 26.6. The quantitative estimate of drug-likeness (QED) is 0.672. The summed E-state index contributed by atoms with van der Waals surface area (Å²) in [5.74, 6) is -0.824. The molecule has 0 radical (unpaired) electrons. The minimum atomic E-state index is -3.47. The van der Waals surface area contributed by atoms with Gasteiger partial charge in [-0.2, -0.15) is 0 Å². The monoisotopic (exact) mass is 436 g/mol. The molecule has 29 heavy (non-hydrogen) atoms. The van der Waals surface area contributed by atoms with Crippen molar-refractivity contribution in [2.75, 3.05) is 22.9 Å². The highest BCUT2D eigenvalue weighted by Crippen LogP contribution is 2.39. The van der Waals surface area contributed by atoms with Crippen LogP contribution in [0.3, 0.4) is 0 Å². The fourth-order valence-corrected chi connectivity index (χ4v) is 5.33. The number of anilines is 2. The number of carbonyl (C=O) groups is 2. The van der Waals surface area contributed by atoms with Crippen molar-refractivity contribution in [3.8, 4) is 0 Å². The first-order valence-electron chi connectivity index (χ1n) is 9.41. The van der Waals surface area contributed by atoms with Gasteiger partial charge in [0.1, 0.15) is 5.00 Å². The molecule has 9 heteroatoms. The molecule has 1 amide bonds. The van der Waals surface area contributed by atoms with Gasteiger partial charge in [0.05, 0.1) is 24.1 Å². The molecule has 0 saturated heterocycles. The van der Waals surface area contributed by atoms with Gasteiger partial charge in [0.2, 0.25) is 10.0 Å². The number of thiophene rings is 1. The molecule has 1 aromatic heterocycles. The number of carbonyl (C=O) groups excluding carboxylic acids is 2. The van der Waals surface area contributed by atoms with Gasteiger partial charge in [-0.3, -0.25) is 9.52 Å². The smallest absolute Gasteiger partial charge is 0.341 e. The predicted molar refractivity (Wildman–Crippen MR) is 115 cm³/mol. The average Bonchev–Trinajstić information content (AvgIpc) is 3.00. The van der Waals surface area contributed by atoms with Gasteiger partial charge in [0.25, 0.3) is 5.91 Å². The fraction of sp³-hybridized carbons (Fsp3) is 0.400. The van der Waals surface area contributed by atoms with Gasteiger partial charge in [-0.25, -0.2) is 13.2 Å². The van der Waals surface area contributed by atoms with E-state index in [1.54, 1.807) is 32.0 Å². The number of esters is 1. The third-order valence-corrected chi connectivity index (χ3v) is 6.55. The lowest BCUT2D eigenvalue weighted by Crippen LogP contribution is -2.18. The summed E-state index contributed by atoms with van der Waals surface area (Å²) in [5, 5.41) is 3.34. The van der Waals surface area contributed by atoms with E-state index in [2.05, 4.69) is 10.0 Å². The van der Waals surface area contributed by atoms with E-state index in [0.717, 1.165) is 42.4 Å². The van der Waals surface area contributed by atoms with E-state index in [1.165, 1.54) is 11.3 Å². The van der Waals surface area contributed by atoms with Gasteiger partial charge in [0.15, 0.2) is 0 Å². The third-order valence-electron chi connectivity index (χ3n) is 4.75. The van der Waals surface area contributed by atoms with E-state index in [9.17, 15) is 18.0 Å². The van der Waals surface area contributed by atoms with Crippen molar-refractivity contribution in [1.82, 2.24) is 0 Å². The van der Waals surface area contributed by atoms with Crippen molar-refractivity contribution < 1.29 is 22.7 Å². The zero-order valence-electron chi connectivity index (χ0n) is 16.6. The van der Waals surface area contributed by atoms with Crippen LogP contribution in [0.1, 0.15) is 56.5 Å². The Bertz CT molecular complexity index is 1060. The number of benzene rings is 1. The zero-order valence-corrected chi connectivity index (χ0v) is 18.3. The maximum Gasteiger partial charge on any atom is 0.341 e. The maximum atomic E-state index is 13.0. The highest BCUT2D eigenvalue weighted by Gasteiger charge is 2.27. The van der Waals surface area contributed by atoms with Crippen molar-refractivity contribution in [3.05, 3.63) is 45.3 Å². The summed E-state index contributed by atoms with van der Waals surface area (Å²) in [5.41, 5.74) is 2.60. The van der Waals surface area contributed by atoms with Gasteiger partial charge < -0.3 is 10.1 Å². The van der Waals surface area contributed by atoms with Crippen molar-refractivity contribution in [3.63, 3.8) is 0 Å². The van der Waals surface area contributed by atoms with Gasteiger partial charge in [-0.05, 0) is 62.8 Å². The number of fused-ring (bicyclic) bond motifs is 1. The summed E-state index contributed by atoms with van der Waals surface area (Å²) >= 11 is 1.41. The van der Waals surface area contributed by atoms with E-state index in [-0.39, 0.29) is 6.61 Å². The maximum absolute atomic E-state index is 13.0. The fourth-order valence-electron chi connectivity index (χ4n) is 3.44. The third kappa shape index (κ3) is 4.79. The van der Waals surface area contributed by atoms with E-state index < -0.39 is 21.9 Å². The molecular weight excluding hydrogens is 412 g/mol. The van der Waals surface area contributed by atoms with Crippen LogP contribution in [-0.4, -0.2) is 33.2 Å². The molecule has 0 aliphatic heterocycles. The van der Waals surface area contributed by atoms with Crippen LogP contribution in [0.5, 0.6) is 0 Å². The van der Waals surface area contributed by atoms with Crippen LogP contribution in [0, 0.1) is 6.92 Å². The molecule has 3 rings (SSSR count). The Hall–Kier alpha value is -2.39. The number of nitrogens with one attached hydrogen (secondary N) is 2. The summed E-state index contributed by atoms with van der Waals surface area (Å²) < 4.78 is 30.7. The summed E-state index contributed by atoms with van der Waals surface area (Å²) in [7, 11) is -3.47. The number of ether oxygens (including phenoxy) is 1. The highest BCUT2D eigenvalue weighted by atomic mass is 32.2. The highest BCUT2D eigenvalue weighted by molar-refractivity contribution is 7.92. The Labute approximate surface area is 174 Å². The lowest BCUT2D eigenvalue weighted by atomic mass is 9.95.